The number of nitrogens with zero attached hydrogens (tertiary/aromatic N) is 2. The lowest BCUT2D eigenvalue weighted by Crippen LogP contribution is -2.49. The first-order valence-electron chi connectivity index (χ1n) is 8.65. The van der Waals surface area contributed by atoms with E-state index in [0.29, 0.717) is 25.2 Å². The van der Waals surface area contributed by atoms with Gasteiger partial charge < -0.3 is 15.5 Å². The molecule has 2 N–H and O–H groups in total. The molecule has 8 nitrogen and oxygen atoms in total. The highest BCUT2D eigenvalue weighted by molar-refractivity contribution is 7.89. The molecule has 0 aromatic heterocycles. The molecule has 26 heavy (non-hydrogen) atoms. The maximum absolute atomic E-state index is 12.7. The number of hydrogen-bond acceptors (Lipinski definition) is 5. The first-order valence-corrected chi connectivity index (χ1v) is 10.1. The number of amides is 2. The van der Waals surface area contributed by atoms with Gasteiger partial charge in [-0.05, 0) is 44.3 Å². The Bertz CT molecular complexity index is 726. The monoisotopic (exact) mass is 382 g/mol. The molecule has 0 aliphatic carbocycles. The predicted molar refractivity (Wildman–Crippen MR) is 98.3 cm³/mol. The van der Waals surface area contributed by atoms with Crippen LogP contribution in [-0.4, -0.2) is 75.8 Å². The fraction of sp³-hybridized carbons (Fsp3) is 0.529. The molecule has 1 aromatic carbocycles. The van der Waals surface area contributed by atoms with Crippen molar-refractivity contribution >= 4 is 21.8 Å². The van der Waals surface area contributed by atoms with Crippen LogP contribution in [0.4, 0.5) is 0 Å². The number of carbonyl (C=O) groups excluding carboxylic acids is 2. The lowest BCUT2D eigenvalue weighted by molar-refractivity contribution is -0.129. The zero-order chi connectivity index (χ0) is 19.2. The summed E-state index contributed by atoms with van der Waals surface area (Å²) in [5.41, 5.74) is 0.426. The molecule has 1 aliphatic heterocycles. The third-order valence-electron chi connectivity index (χ3n) is 4.33. The van der Waals surface area contributed by atoms with E-state index >= 15 is 0 Å². The summed E-state index contributed by atoms with van der Waals surface area (Å²) in [6.07, 6.45) is 0.820. The second-order valence-corrected chi connectivity index (χ2v) is 8.09. The van der Waals surface area contributed by atoms with Crippen molar-refractivity contribution in [3.63, 3.8) is 0 Å². The van der Waals surface area contributed by atoms with Gasteiger partial charge in [-0.1, -0.05) is 0 Å². The van der Waals surface area contributed by atoms with Crippen LogP contribution in [0.15, 0.2) is 29.2 Å². The van der Waals surface area contributed by atoms with E-state index in [9.17, 15) is 18.0 Å². The van der Waals surface area contributed by atoms with Crippen molar-refractivity contribution in [2.24, 2.45) is 0 Å². The Labute approximate surface area is 154 Å². The van der Waals surface area contributed by atoms with Gasteiger partial charge in [-0.15, -0.1) is 0 Å². The van der Waals surface area contributed by atoms with E-state index in [2.05, 4.69) is 10.6 Å². The van der Waals surface area contributed by atoms with Crippen molar-refractivity contribution in [1.29, 1.82) is 0 Å². The van der Waals surface area contributed by atoms with E-state index < -0.39 is 10.0 Å². The first kappa shape index (κ1) is 20.3. The predicted octanol–water partition coefficient (Wildman–Crippen LogP) is -0.121. The Morgan fingerprint density at radius 3 is 2.19 bits per heavy atom. The van der Waals surface area contributed by atoms with Crippen LogP contribution >= 0.6 is 0 Å². The van der Waals surface area contributed by atoms with Gasteiger partial charge >= 0.3 is 0 Å². The molecule has 1 aliphatic rings. The Kier molecular flexibility index (Phi) is 7.13. The van der Waals surface area contributed by atoms with Gasteiger partial charge in [-0.25, -0.2) is 8.42 Å². The number of nitrogens with one attached hydrogen (secondary N) is 2. The van der Waals surface area contributed by atoms with Gasteiger partial charge in [-0.2, -0.15) is 4.31 Å². The van der Waals surface area contributed by atoms with Gasteiger partial charge in [0.25, 0.3) is 5.91 Å². The van der Waals surface area contributed by atoms with Gasteiger partial charge in [0.2, 0.25) is 15.9 Å². The SMILES string of the molecule is CNCCCNC(=O)c1ccc(S(=O)(=O)N2CCN(C(C)=O)CC2)cc1. The summed E-state index contributed by atoms with van der Waals surface area (Å²) < 4.78 is 26.8. The number of piperazine rings is 1. The molecule has 0 atom stereocenters. The van der Waals surface area contributed by atoms with Gasteiger partial charge in [0.05, 0.1) is 4.90 Å². The van der Waals surface area contributed by atoms with Crippen LogP contribution in [0.25, 0.3) is 0 Å². The lowest BCUT2D eigenvalue weighted by Gasteiger charge is -2.33. The van der Waals surface area contributed by atoms with Crippen molar-refractivity contribution in [1.82, 2.24) is 19.8 Å². The number of sulfonamides is 1. The Morgan fingerprint density at radius 1 is 1.04 bits per heavy atom. The first-order chi connectivity index (χ1) is 12.4. The van der Waals surface area contributed by atoms with Crippen LogP contribution in [0.1, 0.15) is 23.7 Å². The highest BCUT2D eigenvalue weighted by atomic mass is 32.2. The van der Waals surface area contributed by atoms with Crippen molar-refractivity contribution < 1.29 is 18.0 Å². The molecule has 1 aromatic rings. The smallest absolute Gasteiger partial charge is 0.251 e. The molecule has 0 bridgehead atoms. The fourth-order valence-electron chi connectivity index (χ4n) is 2.74. The zero-order valence-corrected chi connectivity index (χ0v) is 16.0. The summed E-state index contributed by atoms with van der Waals surface area (Å²) in [6.45, 7) is 4.18. The van der Waals surface area contributed by atoms with Crippen LogP contribution in [0.5, 0.6) is 0 Å². The molecule has 144 valence electrons. The van der Waals surface area contributed by atoms with Gasteiger partial charge in [0, 0.05) is 45.2 Å². The number of rotatable bonds is 7. The topological polar surface area (TPSA) is 98.8 Å². The molecule has 1 fully saturated rings. The average molecular weight is 382 g/mol. The third-order valence-corrected chi connectivity index (χ3v) is 6.24. The van der Waals surface area contributed by atoms with Crippen LogP contribution in [-0.2, 0) is 14.8 Å². The highest BCUT2D eigenvalue weighted by Gasteiger charge is 2.29. The van der Waals surface area contributed by atoms with Gasteiger partial charge in [0.1, 0.15) is 0 Å². The Morgan fingerprint density at radius 2 is 1.65 bits per heavy atom. The molecular formula is C17H26N4O4S. The summed E-state index contributed by atoms with van der Waals surface area (Å²) in [5, 5.41) is 5.80. The van der Waals surface area contributed by atoms with E-state index in [4.69, 9.17) is 0 Å². The molecule has 1 heterocycles. The van der Waals surface area contributed by atoms with E-state index in [1.54, 1.807) is 4.90 Å². The van der Waals surface area contributed by atoms with E-state index in [1.165, 1.54) is 35.5 Å². The van der Waals surface area contributed by atoms with Crippen LogP contribution < -0.4 is 10.6 Å². The Balaban J connectivity index is 1.98. The number of hydrogen-bond donors (Lipinski definition) is 2. The summed E-state index contributed by atoms with van der Waals surface area (Å²) in [6, 6.07) is 5.95. The van der Waals surface area contributed by atoms with Crippen LogP contribution in [0.3, 0.4) is 0 Å². The minimum Gasteiger partial charge on any atom is -0.352 e. The van der Waals surface area contributed by atoms with E-state index in [-0.39, 0.29) is 29.8 Å². The molecule has 9 heteroatoms. The second kappa shape index (κ2) is 9.11. The largest absolute Gasteiger partial charge is 0.352 e. The van der Waals surface area contributed by atoms with E-state index in [1.807, 2.05) is 7.05 Å². The minimum atomic E-state index is -3.62. The molecule has 0 spiro atoms. The van der Waals surface area contributed by atoms with Gasteiger partial charge in [0.15, 0.2) is 0 Å². The van der Waals surface area contributed by atoms with Crippen molar-refractivity contribution in [2.75, 3.05) is 46.3 Å². The Hall–Kier alpha value is -1.97. The highest BCUT2D eigenvalue weighted by Crippen LogP contribution is 2.18. The standard InChI is InChI=1S/C17H26N4O4S/c1-14(22)20-10-12-21(13-11-20)26(24,25)16-6-4-15(5-7-16)17(23)19-9-3-8-18-2/h4-7,18H,3,8-13H2,1-2H3,(H,19,23). The fourth-order valence-corrected chi connectivity index (χ4v) is 4.16. The normalized spacial score (nSPS) is 15.7. The second-order valence-electron chi connectivity index (χ2n) is 6.15. The molecule has 0 unspecified atom stereocenters. The molecule has 1 saturated heterocycles. The molecular weight excluding hydrogens is 356 g/mol. The summed E-state index contributed by atoms with van der Waals surface area (Å²) in [4.78, 5) is 25.2. The lowest BCUT2D eigenvalue weighted by atomic mass is 10.2. The molecule has 2 rings (SSSR count). The summed E-state index contributed by atoms with van der Waals surface area (Å²) in [7, 11) is -1.77. The summed E-state index contributed by atoms with van der Waals surface area (Å²) >= 11 is 0. The van der Waals surface area contributed by atoms with Gasteiger partial charge in [-0.3, -0.25) is 9.59 Å². The average Bonchev–Trinajstić information content (AvgIpc) is 2.65. The van der Waals surface area contributed by atoms with Crippen molar-refractivity contribution in [3.8, 4) is 0 Å². The van der Waals surface area contributed by atoms with Crippen LogP contribution in [0, 0.1) is 0 Å². The number of carbonyl (C=O) groups is 2. The summed E-state index contributed by atoms with van der Waals surface area (Å²) in [5.74, 6) is -0.271. The maximum Gasteiger partial charge on any atom is 0.251 e. The molecule has 0 radical (unpaired) electrons. The molecule has 0 saturated carbocycles. The third kappa shape index (κ3) is 5.03. The quantitative estimate of drug-likeness (QED) is 0.641. The van der Waals surface area contributed by atoms with Crippen molar-refractivity contribution in [2.45, 2.75) is 18.2 Å². The van der Waals surface area contributed by atoms with Crippen molar-refractivity contribution in [3.05, 3.63) is 29.8 Å². The minimum absolute atomic E-state index is 0.0490. The zero-order valence-electron chi connectivity index (χ0n) is 15.2. The van der Waals surface area contributed by atoms with Crippen LogP contribution in [0.2, 0.25) is 0 Å². The molecule has 2 amide bonds. The maximum atomic E-state index is 12.7. The number of benzene rings is 1. The van der Waals surface area contributed by atoms with E-state index in [0.717, 1.165) is 13.0 Å².